The summed E-state index contributed by atoms with van der Waals surface area (Å²) < 4.78 is 2.09. The van der Waals surface area contributed by atoms with Crippen LogP contribution in [0.3, 0.4) is 0 Å². The summed E-state index contributed by atoms with van der Waals surface area (Å²) in [5.41, 5.74) is 8.34. The molecule has 4 nitrogen and oxygen atoms in total. The van der Waals surface area contributed by atoms with Crippen molar-refractivity contribution >= 4 is 0 Å². The summed E-state index contributed by atoms with van der Waals surface area (Å²) in [6.07, 6.45) is 2.16. The van der Waals surface area contributed by atoms with Gasteiger partial charge in [0.1, 0.15) is 5.69 Å². The summed E-state index contributed by atoms with van der Waals surface area (Å²) in [4.78, 5) is 2.59. The summed E-state index contributed by atoms with van der Waals surface area (Å²) >= 11 is 0. The number of benzene rings is 3. The third-order valence-electron chi connectivity index (χ3n) is 6.17. The van der Waals surface area contributed by atoms with Crippen LogP contribution in [0.5, 0.6) is 0 Å². The van der Waals surface area contributed by atoms with Crippen molar-refractivity contribution in [3.63, 3.8) is 0 Å². The monoisotopic (exact) mass is 408 g/mol. The fraction of sp³-hybridized carbons (Fsp3) is 0.259. The van der Waals surface area contributed by atoms with Gasteiger partial charge in [0, 0.05) is 18.7 Å². The topological polar surface area (TPSA) is 34.0 Å². The lowest BCUT2D eigenvalue weighted by molar-refractivity contribution is 0.168. The van der Waals surface area contributed by atoms with Gasteiger partial charge in [-0.2, -0.15) is 0 Å². The summed E-state index contributed by atoms with van der Waals surface area (Å²) in [5, 5.41) is 9.37. The highest BCUT2D eigenvalue weighted by molar-refractivity contribution is 5.64. The van der Waals surface area contributed by atoms with Gasteiger partial charge in [0.15, 0.2) is 0 Å². The highest BCUT2D eigenvalue weighted by Gasteiger charge is 2.32. The van der Waals surface area contributed by atoms with Crippen molar-refractivity contribution < 1.29 is 0 Å². The molecule has 0 saturated carbocycles. The van der Waals surface area contributed by atoms with Crippen molar-refractivity contribution in [2.24, 2.45) is 0 Å². The molecule has 156 valence electrons. The van der Waals surface area contributed by atoms with Gasteiger partial charge in [-0.3, -0.25) is 4.90 Å². The summed E-state index contributed by atoms with van der Waals surface area (Å²) in [6, 6.07) is 28.3. The molecular formula is C27H28N4. The maximum atomic E-state index is 4.70. The van der Waals surface area contributed by atoms with Crippen LogP contribution in [0, 0.1) is 6.92 Å². The first-order valence-electron chi connectivity index (χ1n) is 11.1. The van der Waals surface area contributed by atoms with E-state index in [0.717, 1.165) is 42.9 Å². The molecule has 0 amide bonds. The van der Waals surface area contributed by atoms with Crippen molar-refractivity contribution in [2.45, 2.75) is 45.8 Å². The number of nitrogens with zero attached hydrogens (tertiary/aromatic N) is 4. The van der Waals surface area contributed by atoms with Crippen LogP contribution in [0.1, 0.15) is 48.2 Å². The number of aromatic nitrogens is 3. The number of aryl methyl sites for hydroxylation is 1. The second-order valence-corrected chi connectivity index (χ2v) is 8.42. The van der Waals surface area contributed by atoms with E-state index in [-0.39, 0.29) is 6.04 Å². The molecule has 1 atom stereocenters. The lowest BCUT2D eigenvalue weighted by atomic mass is 9.99. The van der Waals surface area contributed by atoms with E-state index in [1.807, 2.05) is 0 Å². The number of hydrogen-bond acceptors (Lipinski definition) is 3. The lowest BCUT2D eigenvalue weighted by Crippen LogP contribution is -2.28. The van der Waals surface area contributed by atoms with Gasteiger partial charge in [0.05, 0.1) is 17.4 Å². The van der Waals surface area contributed by atoms with E-state index in [4.69, 9.17) is 5.10 Å². The lowest BCUT2D eigenvalue weighted by Gasteiger charge is -2.30. The molecule has 4 heteroatoms. The van der Waals surface area contributed by atoms with Gasteiger partial charge in [-0.25, -0.2) is 4.68 Å². The highest BCUT2D eigenvalue weighted by Crippen LogP contribution is 2.39. The predicted molar refractivity (Wildman–Crippen MR) is 125 cm³/mol. The average molecular weight is 409 g/mol. The minimum Gasteiger partial charge on any atom is -0.286 e. The first-order chi connectivity index (χ1) is 15.2. The molecule has 0 fully saturated rings. The summed E-state index contributed by atoms with van der Waals surface area (Å²) in [5.74, 6) is 0. The van der Waals surface area contributed by atoms with Crippen LogP contribution < -0.4 is 0 Å². The first-order valence-corrected chi connectivity index (χ1v) is 11.1. The Bertz CT molecular complexity index is 1160. The Balaban J connectivity index is 1.68. The molecule has 1 aromatic heterocycles. The molecular weight excluding hydrogens is 380 g/mol. The Morgan fingerprint density at radius 2 is 1.65 bits per heavy atom. The van der Waals surface area contributed by atoms with Crippen LogP contribution >= 0.6 is 0 Å². The zero-order valence-electron chi connectivity index (χ0n) is 18.2. The van der Waals surface area contributed by atoms with Crippen molar-refractivity contribution in [1.29, 1.82) is 0 Å². The second kappa shape index (κ2) is 8.48. The van der Waals surface area contributed by atoms with E-state index in [0.29, 0.717) is 0 Å². The second-order valence-electron chi connectivity index (χ2n) is 8.42. The molecule has 1 aliphatic rings. The molecule has 5 rings (SSSR count). The van der Waals surface area contributed by atoms with E-state index in [9.17, 15) is 0 Å². The predicted octanol–water partition coefficient (Wildman–Crippen LogP) is 6.10. The van der Waals surface area contributed by atoms with E-state index < -0.39 is 0 Å². The minimum atomic E-state index is 0.240. The van der Waals surface area contributed by atoms with E-state index in [2.05, 4.69) is 108 Å². The molecule has 1 aliphatic heterocycles. The zero-order chi connectivity index (χ0) is 21.2. The maximum Gasteiger partial charge on any atom is 0.118 e. The van der Waals surface area contributed by atoms with Crippen molar-refractivity contribution in [2.75, 3.05) is 0 Å². The zero-order valence-corrected chi connectivity index (χ0v) is 18.2. The fourth-order valence-corrected chi connectivity index (χ4v) is 4.61. The molecule has 4 aromatic rings. The normalized spacial score (nSPS) is 15.9. The van der Waals surface area contributed by atoms with Crippen LogP contribution in [0.4, 0.5) is 0 Å². The molecule has 0 saturated heterocycles. The maximum absolute atomic E-state index is 4.70. The standard InChI is InChI=1S/C27H28N4/c1-3-9-25-27-26(22-16-14-20(2)15-17-22)28-29-31(27)24-13-8-7-12-23(24)19-30(25)18-21-10-5-4-6-11-21/h4-8,10-17,25H,3,9,18-19H2,1-2H3. The molecule has 1 unspecified atom stereocenters. The number of para-hydroxylation sites is 1. The molecule has 3 aromatic carbocycles. The van der Waals surface area contributed by atoms with Crippen LogP contribution in [0.2, 0.25) is 0 Å². The molecule has 0 bridgehead atoms. The Labute approximate surface area is 184 Å². The highest BCUT2D eigenvalue weighted by atomic mass is 15.5. The third kappa shape index (κ3) is 3.79. The Kier molecular flexibility index (Phi) is 5.39. The van der Waals surface area contributed by atoms with E-state index in [1.54, 1.807) is 0 Å². The minimum absolute atomic E-state index is 0.240. The van der Waals surface area contributed by atoms with Gasteiger partial charge in [0.2, 0.25) is 0 Å². The van der Waals surface area contributed by atoms with Crippen molar-refractivity contribution in [3.05, 3.63) is 101 Å². The SMILES string of the molecule is CCCC1c2c(-c3ccc(C)cc3)nnn2-c2ccccc2CN1Cc1ccccc1. The quantitative estimate of drug-likeness (QED) is 0.400. The van der Waals surface area contributed by atoms with Crippen LogP contribution in [0.25, 0.3) is 16.9 Å². The van der Waals surface area contributed by atoms with Gasteiger partial charge >= 0.3 is 0 Å². The summed E-state index contributed by atoms with van der Waals surface area (Å²) in [7, 11) is 0. The number of rotatable bonds is 5. The number of hydrogen-bond donors (Lipinski definition) is 0. The van der Waals surface area contributed by atoms with Gasteiger partial charge in [-0.15, -0.1) is 5.10 Å². The number of fused-ring (bicyclic) bond motifs is 3. The van der Waals surface area contributed by atoms with Crippen LogP contribution in [-0.4, -0.2) is 19.9 Å². The van der Waals surface area contributed by atoms with E-state index >= 15 is 0 Å². The van der Waals surface area contributed by atoms with Gasteiger partial charge in [0.25, 0.3) is 0 Å². The summed E-state index contributed by atoms with van der Waals surface area (Å²) in [6.45, 7) is 6.18. The molecule has 31 heavy (non-hydrogen) atoms. The smallest absolute Gasteiger partial charge is 0.118 e. The molecule has 0 aliphatic carbocycles. The Hall–Kier alpha value is -3.24. The molecule has 0 spiro atoms. The van der Waals surface area contributed by atoms with E-state index in [1.165, 1.54) is 22.4 Å². The van der Waals surface area contributed by atoms with Crippen LogP contribution in [0.15, 0.2) is 78.9 Å². The fourth-order valence-electron chi connectivity index (χ4n) is 4.61. The Morgan fingerprint density at radius 3 is 2.42 bits per heavy atom. The first kappa shape index (κ1) is 19.7. The largest absolute Gasteiger partial charge is 0.286 e. The van der Waals surface area contributed by atoms with Crippen LogP contribution in [-0.2, 0) is 13.1 Å². The molecule has 2 heterocycles. The van der Waals surface area contributed by atoms with Gasteiger partial charge < -0.3 is 0 Å². The molecule has 0 N–H and O–H groups in total. The van der Waals surface area contributed by atoms with Crippen molar-refractivity contribution in [3.8, 4) is 16.9 Å². The van der Waals surface area contributed by atoms with Crippen molar-refractivity contribution in [1.82, 2.24) is 19.9 Å². The van der Waals surface area contributed by atoms with Gasteiger partial charge in [-0.05, 0) is 30.5 Å². The molecule has 0 radical (unpaired) electrons. The van der Waals surface area contributed by atoms with Gasteiger partial charge in [-0.1, -0.05) is 96.9 Å². The average Bonchev–Trinajstić information content (AvgIpc) is 3.18. The Morgan fingerprint density at radius 1 is 0.903 bits per heavy atom. The third-order valence-corrected chi connectivity index (χ3v) is 6.17.